The zero-order chi connectivity index (χ0) is 26.7. The topological polar surface area (TPSA) is 109 Å². The molecule has 8 nitrogen and oxygen atoms in total. The predicted octanol–water partition coefficient (Wildman–Crippen LogP) is 4.52. The van der Waals surface area contributed by atoms with Crippen molar-refractivity contribution in [3.05, 3.63) is 88.6 Å². The number of hydrogen-bond acceptors (Lipinski definition) is 5. The molecule has 2 heterocycles. The zero-order valence-corrected chi connectivity index (χ0v) is 21.8. The summed E-state index contributed by atoms with van der Waals surface area (Å²) in [6.45, 7) is 3.74. The normalized spacial score (nSPS) is 17.6. The van der Waals surface area contributed by atoms with Crippen molar-refractivity contribution in [3.8, 4) is 0 Å². The first-order valence-corrected chi connectivity index (χ1v) is 12.5. The Bertz CT molecular complexity index is 1300. The van der Waals surface area contributed by atoms with E-state index in [0.29, 0.717) is 28.6 Å². The van der Waals surface area contributed by atoms with Crippen LogP contribution in [0.5, 0.6) is 0 Å². The average Bonchev–Trinajstić information content (AvgIpc) is 2.87. The van der Waals surface area contributed by atoms with Crippen LogP contribution in [-0.4, -0.2) is 40.8 Å². The molecule has 1 aliphatic heterocycles. The Kier molecular flexibility index (Phi) is 7.78. The van der Waals surface area contributed by atoms with Crippen molar-refractivity contribution in [2.45, 2.75) is 38.8 Å². The number of aryl methyl sites for hydroxylation is 1. The van der Waals surface area contributed by atoms with Crippen molar-refractivity contribution >= 4 is 41.0 Å². The number of para-hydroxylation sites is 1. The summed E-state index contributed by atoms with van der Waals surface area (Å²) in [7, 11) is 1.64. The first kappa shape index (κ1) is 26.2. The first-order chi connectivity index (χ1) is 17.7. The van der Waals surface area contributed by atoms with Gasteiger partial charge in [-0.05, 0) is 67.3 Å². The summed E-state index contributed by atoms with van der Waals surface area (Å²) in [6, 6.07) is 17.9. The van der Waals surface area contributed by atoms with Crippen molar-refractivity contribution in [2.24, 2.45) is 5.92 Å². The van der Waals surface area contributed by atoms with E-state index in [9.17, 15) is 14.4 Å². The lowest BCUT2D eigenvalue weighted by atomic mass is 9.81. The number of pyridine rings is 1. The van der Waals surface area contributed by atoms with Crippen LogP contribution >= 0.6 is 11.6 Å². The molecule has 4 amide bonds. The number of likely N-dealkylation sites (tertiary alicyclic amines) is 1. The van der Waals surface area contributed by atoms with Gasteiger partial charge in [-0.3, -0.25) is 14.5 Å². The number of benzene rings is 2. The number of amides is 4. The number of rotatable bonds is 7. The Labute approximate surface area is 221 Å². The number of urea groups is 1. The molecule has 1 unspecified atom stereocenters. The number of aromatic nitrogens is 1. The summed E-state index contributed by atoms with van der Waals surface area (Å²) in [5, 5.41) is 3.47. The van der Waals surface area contributed by atoms with E-state index in [1.165, 1.54) is 4.90 Å². The third-order valence-corrected chi connectivity index (χ3v) is 6.84. The van der Waals surface area contributed by atoms with E-state index in [1.54, 1.807) is 43.4 Å². The van der Waals surface area contributed by atoms with Crippen LogP contribution in [0.1, 0.15) is 36.2 Å². The zero-order valence-electron chi connectivity index (χ0n) is 21.0. The van der Waals surface area contributed by atoms with Gasteiger partial charge in [-0.15, -0.1) is 0 Å². The highest BCUT2D eigenvalue weighted by molar-refractivity contribution is 6.30. The molecular formula is C28H30ClN5O3. The van der Waals surface area contributed by atoms with Gasteiger partial charge in [-0.2, -0.15) is 0 Å². The minimum absolute atomic E-state index is 0.265. The van der Waals surface area contributed by atoms with Gasteiger partial charge in [0, 0.05) is 23.5 Å². The summed E-state index contributed by atoms with van der Waals surface area (Å²) < 4.78 is 0. The van der Waals surface area contributed by atoms with E-state index < -0.39 is 23.9 Å². The van der Waals surface area contributed by atoms with Crippen LogP contribution in [0.25, 0.3) is 0 Å². The number of nitrogens with one attached hydrogen (secondary N) is 1. The number of nitrogens with zero attached hydrogens (tertiary/aromatic N) is 3. The van der Waals surface area contributed by atoms with Gasteiger partial charge in [0.15, 0.2) is 0 Å². The third kappa shape index (κ3) is 5.59. The fraction of sp³-hybridized carbons (Fsp3) is 0.286. The number of anilines is 2. The quantitative estimate of drug-likeness (QED) is 0.446. The molecule has 1 aliphatic rings. The van der Waals surface area contributed by atoms with Crippen molar-refractivity contribution < 1.29 is 14.4 Å². The molecule has 0 bridgehead atoms. The van der Waals surface area contributed by atoms with Gasteiger partial charge in [0.2, 0.25) is 5.91 Å². The lowest BCUT2D eigenvalue weighted by molar-refractivity contribution is -0.156. The number of halogens is 1. The highest BCUT2D eigenvalue weighted by Crippen LogP contribution is 2.34. The minimum atomic E-state index is -0.968. The molecule has 2 aromatic carbocycles. The minimum Gasteiger partial charge on any atom is -0.384 e. The largest absolute Gasteiger partial charge is 0.384 e. The van der Waals surface area contributed by atoms with Gasteiger partial charge >= 0.3 is 6.03 Å². The van der Waals surface area contributed by atoms with Gasteiger partial charge in [0.25, 0.3) is 5.91 Å². The number of likely N-dealkylation sites (N-methyl/N-ethyl adjacent to an activating group) is 1. The van der Waals surface area contributed by atoms with Crippen LogP contribution in [0.3, 0.4) is 0 Å². The molecule has 0 radical (unpaired) electrons. The van der Waals surface area contributed by atoms with E-state index in [1.807, 2.05) is 44.2 Å². The number of hydrogen-bond donors (Lipinski definition) is 2. The molecule has 37 heavy (non-hydrogen) atoms. The highest BCUT2D eigenvalue weighted by atomic mass is 35.5. The van der Waals surface area contributed by atoms with Gasteiger partial charge in [-0.25, -0.2) is 9.78 Å². The molecule has 192 valence electrons. The molecule has 3 atom stereocenters. The maximum absolute atomic E-state index is 13.7. The van der Waals surface area contributed by atoms with Crippen molar-refractivity contribution in [3.63, 3.8) is 0 Å². The average molecular weight is 520 g/mol. The number of carbonyl (C=O) groups is 3. The molecule has 9 heteroatoms. The number of imide groups is 1. The van der Waals surface area contributed by atoms with E-state index >= 15 is 0 Å². The molecule has 3 aromatic rings. The maximum Gasteiger partial charge on any atom is 0.325 e. The summed E-state index contributed by atoms with van der Waals surface area (Å²) in [5.41, 5.74) is 8.89. The van der Waals surface area contributed by atoms with Gasteiger partial charge in [0.1, 0.15) is 11.9 Å². The molecule has 3 N–H and O–H groups in total. The van der Waals surface area contributed by atoms with Crippen LogP contribution in [0.4, 0.5) is 16.3 Å². The molecule has 4 rings (SSSR count). The molecule has 0 spiro atoms. The second-order valence-corrected chi connectivity index (χ2v) is 9.64. The molecule has 0 saturated carbocycles. The number of β-lactam (4-membered cyclic amide) rings is 1. The highest BCUT2D eigenvalue weighted by Gasteiger charge is 2.55. The fourth-order valence-electron chi connectivity index (χ4n) is 4.74. The Hall–Kier alpha value is -3.91. The van der Waals surface area contributed by atoms with Gasteiger partial charge in [-0.1, -0.05) is 48.9 Å². The van der Waals surface area contributed by atoms with Crippen LogP contribution in [0, 0.1) is 12.8 Å². The summed E-state index contributed by atoms with van der Waals surface area (Å²) >= 11 is 6.14. The van der Waals surface area contributed by atoms with Crippen LogP contribution in [0.2, 0.25) is 5.02 Å². The summed E-state index contributed by atoms with van der Waals surface area (Å²) in [4.78, 5) is 47.1. The summed E-state index contributed by atoms with van der Waals surface area (Å²) in [5.74, 6) is -1.13. The second-order valence-electron chi connectivity index (χ2n) is 9.20. The van der Waals surface area contributed by atoms with Gasteiger partial charge in [0.05, 0.1) is 12.0 Å². The third-order valence-electron chi connectivity index (χ3n) is 6.61. The van der Waals surface area contributed by atoms with Crippen LogP contribution < -0.4 is 16.0 Å². The number of carbonyl (C=O) groups excluding carboxylic acids is 3. The smallest absolute Gasteiger partial charge is 0.325 e. The molecule has 1 saturated heterocycles. The Balaban J connectivity index is 1.61. The summed E-state index contributed by atoms with van der Waals surface area (Å²) in [6.07, 6.45) is 0.844. The van der Waals surface area contributed by atoms with E-state index in [0.717, 1.165) is 16.0 Å². The fourth-order valence-corrected chi connectivity index (χ4v) is 4.94. The van der Waals surface area contributed by atoms with E-state index in [-0.39, 0.29) is 18.4 Å². The lowest BCUT2D eigenvalue weighted by Crippen LogP contribution is -2.70. The Morgan fingerprint density at radius 1 is 1.14 bits per heavy atom. The predicted molar refractivity (Wildman–Crippen MR) is 144 cm³/mol. The molecule has 1 aromatic heterocycles. The molecular weight excluding hydrogens is 490 g/mol. The molecule has 1 fully saturated rings. The monoisotopic (exact) mass is 519 g/mol. The van der Waals surface area contributed by atoms with Crippen molar-refractivity contribution in [2.75, 3.05) is 17.7 Å². The maximum atomic E-state index is 13.7. The SMILES string of the molecule is CCC(NC(=O)N1C(=O)[C@H](Cc2cc(C)nc(N)c2)[C@H]1C(=O)N(C)c1ccccc1)c1cccc(Cl)c1. The van der Waals surface area contributed by atoms with Crippen LogP contribution in [0.15, 0.2) is 66.7 Å². The number of nitrogen functional groups attached to an aromatic ring is 1. The Morgan fingerprint density at radius 2 is 1.86 bits per heavy atom. The van der Waals surface area contributed by atoms with Gasteiger partial charge < -0.3 is 16.0 Å². The van der Waals surface area contributed by atoms with E-state index in [4.69, 9.17) is 17.3 Å². The standard InChI is InChI=1S/C28H30ClN5O3/c1-4-23(19-9-8-10-20(29)16-19)32-28(37)34-25(27(36)33(3)21-11-6-5-7-12-21)22(26(34)35)14-18-13-17(2)31-24(30)15-18/h5-13,15-16,22-23,25H,4,14H2,1-3H3,(H2,30,31)(H,32,37)/t22-,23?,25+/m1/s1. The Morgan fingerprint density at radius 3 is 2.51 bits per heavy atom. The van der Waals surface area contributed by atoms with Crippen molar-refractivity contribution in [1.29, 1.82) is 0 Å². The van der Waals surface area contributed by atoms with Crippen LogP contribution in [-0.2, 0) is 16.0 Å². The number of nitrogens with two attached hydrogens (primary N) is 1. The first-order valence-electron chi connectivity index (χ1n) is 12.1. The second kappa shape index (κ2) is 11.0. The lowest BCUT2D eigenvalue weighted by Gasteiger charge is -2.46. The van der Waals surface area contributed by atoms with Crippen molar-refractivity contribution in [1.82, 2.24) is 15.2 Å². The van der Waals surface area contributed by atoms with E-state index in [2.05, 4.69) is 10.3 Å². The molecule has 0 aliphatic carbocycles.